The van der Waals surface area contributed by atoms with Crippen LogP contribution in [0.3, 0.4) is 0 Å². The molecule has 0 aliphatic carbocycles. The van der Waals surface area contributed by atoms with Gasteiger partial charge in [0.2, 0.25) is 0 Å². The van der Waals surface area contributed by atoms with E-state index in [-0.39, 0.29) is 0 Å². The fourth-order valence-electron chi connectivity index (χ4n) is 3.23. The van der Waals surface area contributed by atoms with Crippen LogP contribution in [0.5, 0.6) is 5.75 Å². The van der Waals surface area contributed by atoms with Crippen molar-refractivity contribution in [2.75, 3.05) is 13.2 Å². The summed E-state index contributed by atoms with van der Waals surface area (Å²) in [6, 6.07) is 9.89. The second-order valence-electron chi connectivity index (χ2n) is 6.39. The van der Waals surface area contributed by atoms with E-state index in [4.69, 9.17) is 4.74 Å². The number of imidazole rings is 1. The van der Waals surface area contributed by atoms with Gasteiger partial charge in [-0.2, -0.15) is 0 Å². The molecule has 0 saturated heterocycles. The first-order valence-electron chi connectivity index (χ1n) is 8.51. The van der Waals surface area contributed by atoms with E-state index in [1.807, 2.05) is 43.0 Å². The van der Waals surface area contributed by atoms with E-state index in [1.54, 1.807) is 12.4 Å². The van der Waals surface area contributed by atoms with Crippen LogP contribution in [0.25, 0.3) is 0 Å². The molecule has 0 bridgehead atoms. The van der Waals surface area contributed by atoms with Crippen molar-refractivity contribution in [3.05, 3.63) is 72.8 Å². The van der Waals surface area contributed by atoms with Crippen molar-refractivity contribution in [3.63, 3.8) is 0 Å². The minimum Gasteiger partial charge on any atom is -0.492 e. The van der Waals surface area contributed by atoms with E-state index in [0.29, 0.717) is 12.5 Å². The molecule has 0 saturated carbocycles. The van der Waals surface area contributed by atoms with E-state index in [1.165, 1.54) is 5.69 Å². The van der Waals surface area contributed by atoms with Gasteiger partial charge in [-0.3, -0.25) is 14.9 Å². The maximum absolute atomic E-state index is 5.95. The van der Waals surface area contributed by atoms with E-state index in [2.05, 4.69) is 30.5 Å². The molecule has 1 atom stereocenters. The lowest BCUT2D eigenvalue weighted by atomic mass is 10.1. The minimum absolute atomic E-state index is 0.374. The molecule has 0 spiro atoms. The van der Waals surface area contributed by atoms with Gasteiger partial charge in [-0.1, -0.05) is 6.07 Å². The predicted octanol–water partition coefficient (Wildman–Crippen LogP) is 2.38. The summed E-state index contributed by atoms with van der Waals surface area (Å²) in [5.74, 6) is 1.19. The second-order valence-corrected chi connectivity index (χ2v) is 6.39. The van der Waals surface area contributed by atoms with Crippen molar-refractivity contribution in [1.29, 1.82) is 0 Å². The molecule has 1 aliphatic heterocycles. The monoisotopic (exact) mass is 335 g/mol. The summed E-state index contributed by atoms with van der Waals surface area (Å²) in [4.78, 5) is 15.3. The normalized spacial score (nSPS) is 17.7. The van der Waals surface area contributed by atoms with Crippen molar-refractivity contribution >= 4 is 0 Å². The topological polar surface area (TPSA) is 56.1 Å². The largest absolute Gasteiger partial charge is 0.492 e. The van der Waals surface area contributed by atoms with E-state index >= 15 is 0 Å². The zero-order chi connectivity index (χ0) is 16.9. The van der Waals surface area contributed by atoms with Crippen LogP contribution in [0.1, 0.15) is 11.4 Å². The van der Waals surface area contributed by atoms with E-state index in [0.717, 1.165) is 37.6 Å². The lowest BCUT2D eigenvalue weighted by Crippen LogP contribution is -2.31. The number of aromatic nitrogens is 4. The number of pyridine rings is 2. The van der Waals surface area contributed by atoms with Crippen LogP contribution in [-0.2, 0) is 19.6 Å². The Bertz CT molecular complexity index is 790. The molecule has 0 amide bonds. The third kappa shape index (κ3) is 4.03. The van der Waals surface area contributed by atoms with Gasteiger partial charge in [0, 0.05) is 50.7 Å². The third-order valence-corrected chi connectivity index (χ3v) is 4.39. The summed E-state index contributed by atoms with van der Waals surface area (Å²) in [5, 5.41) is 0. The van der Waals surface area contributed by atoms with Crippen LogP contribution < -0.4 is 4.74 Å². The first-order chi connectivity index (χ1) is 12.4. The Balaban J connectivity index is 1.47. The van der Waals surface area contributed by atoms with Crippen LogP contribution in [0.4, 0.5) is 0 Å². The van der Waals surface area contributed by atoms with Gasteiger partial charge in [0.1, 0.15) is 5.75 Å². The number of rotatable bonds is 5. The second kappa shape index (κ2) is 7.44. The summed E-state index contributed by atoms with van der Waals surface area (Å²) < 4.78 is 8.18. The SMILES string of the molecule is c1ccc(CN2Cc3cncn3C[C@H](COc3cccnc3)C2)nc1. The zero-order valence-corrected chi connectivity index (χ0v) is 14.0. The van der Waals surface area contributed by atoms with Gasteiger partial charge in [-0.05, 0) is 24.3 Å². The predicted molar refractivity (Wildman–Crippen MR) is 93.8 cm³/mol. The molecule has 4 rings (SSSR count). The molecular formula is C19H21N5O. The standard InChI is InChI=1S/C19H21N5O/c1-2-7-22-17(4-1)12-23-10-16(11-24-15-21-8-18(24)13-23)14-25-19-5-3-6-20-9-19/h1-9,15-16H,10-14H2/t16-/m1/s1. The Morgan fingerprint density at radius 2 is 2.04 bits per heavy atom. The van der Waals surface area contributed by atoms with Gasteiger partial charge >= 0.3 is 0 Å². The van der Waals surface area contributed by atoms with Crippen LogP contribution in [0, 0.1) is 5.92 Å². The average Bonchev–Trinajstić information content (AvgIpc) is 3.01. The van der Waals surface area contributed by atoms with Gasteiger partial charge in [-0.25, -0.2) is 4.98 Å². The number of hydrogen-bond donors (Lipinski definition) is 0. The lowest BCUT2D eigenvalue weighted by molar-refractivity contribution is 0.166. The zero-order valence-electron chi connectivity index (χ0n) is 14.0. The van der Waals surface area contributed by atoms with Crippen molar-refractivity contribution in [2.24, 2.45) is 5.92 Å². The van der Waals surface area contributed by atoms with E-state index < -0.39 is 0 Å². The molecule has 6 nitrogen and oxygen atoms in total. The highest BCUT2D eigenvalue weighted by molar-refractivity contribution is 5.15. The number of ether oxygens (including phenoxy) is 1. The van der Waals surface area contributed by atoms with Gasteiger partial charge in [0.25, 0.3) is 0 Å². The average molecular weight is 335 g/mol. The molecule has 0 fully saturated rings. The van der Waals surface area contributed by atoms with E-state index in [9.17, 15) is 0 Å². The molecule has 25 heavy (non-hydrogen) atoms. The third-order valence-electron chi connectivity index (χ3n) is 4.39. The maximum Gasteiger partial charge on any atom is 0.137 e. The highest BCUT2D eigenvalue weighted by atomic mass is 16.5. The van der Waals surface area contributed by atoms with Crippen LogP contribution >= 0.6 is 0 Å². The molecule has 3 aromatic rings. The quantitative estimate of drug-likeness (QED) is 0.716. The maximum atomic E-state index is 5.95. The van der Waals surface area contributed by atoms with Crippen molar-refractivity contribution < 1.29 is 4.74 Å². The molecule has 6 heteroatoms. The van der Waals surface area contributed by atoms with Crippen molar-refractivity contribution in [2.45, 2.75) is 19.6 Å². The Kier molecular flexibility index (Phi) is 4.70. The Hall–Kier alpha value is -2.73. The lowest BCUT2D eigenvalue weighted by Gasteiger charge is -2.23. The molecule has 0 aromatic carbocycles. The van der Waals surface area contributed by atoms with Crippen molar-refractivity contribution in [3.8, 4) is 5.75 Å². The van der Waals surface area contributed by atoms with Crippen molar-refractivity contribution in [1.82, 2.24) is 24.4 Å². The number of fused-ring (bicyclic) bond motifs is 1. The Morgan fingerprint density at radius 3 is 2.88 bits per heavy atom. The summed E-state index contributed by atoms with van der Waals surface area (Å²) in [6.07, 6.45) is 9.22. The Labute approximate surface area is 147 Å². The molecule has 0 N–H and O–H groups in total. The van der Waals surface area contributed by atoms with Gasteiger partial charge in [0.15, 0.2) is 0 Å². The minimum atomic E-state index is 0.374. The fourth-order valence-corrected chi connectivity index (χ4v) is 3.23. The van der Waals surface area contributed by atoms with Gasteiger partial charge in [0.05, 0.1) is 30.5 Å². The molecule has 128 valence electrons. The molecule has 1 aliphatic rings. The number of nitrogens with zero attached hydrogens (tertiary/aromatic N) is 5. The molecular weight excluding hydrogens is 314 g/mol. The molecule has 0 radical (unpaired) electrons. The molecule has 0 unspecified atom stereocenters. The summed E-state index contributed by atoms with van der Waals surface area (Å²) >= 11 is 0. The summed E-state index contributed by atoms with van der Waals surface area (Å²) in [5.41, 5.74) is 2.32. The van der Waals surface area contributed by atoms with Crippen LogP contribution in [0.2, 0.25) is 0 Å². The first kappa shape index (κ1) is 15.8. The van der Waals surface area contributed by atoms with Gasteiger partial charge < -0.3 is 9.30 Å². The fraction of sp³-hybridized carbons (Fsp3) is 0.316. The Morgan fingerprint density at radius 1 is 1.04 bits per heavy atom. The van der Waals surface area contributed by atoms with Crippen LogP contribution in [0.15, 0.2) is 61.4 Å². The molecule has 4 heterocycles. The number of hydrogen-bond acceptors (Lipinski definition) is 5. The highest BCUT2D eigenvalue weighted by Gasteiger charge is 2.23. The van der Waals surface area contributed by atoms with Crippen LogP contribution in [-0.4, -0.2) is 37.6 Å². The first-order valence-corrected chi connectivity index (χ1v) is 8.51. The summed E-state index contributed by atoms with van der Waals surface area (Å²) in [7, 11) is 0. The summed E-state index contributed by atoms with van der Waals surface area (Å²) in [6.45, 7) is 4.23. The molecule has 3 aromatic heterocycles. The highest BCUT2D eigenvalue weighted by Crippen LogP contribution is 2.19. The smallest absolute Gasteiger partial charge is 0.137 e. The van der Waals surface area contributed by atoms with Gasteiger partial charge in [-0.15, -0.1) is 0 Å².